The summed E-state index contributed by atoms with van der Waals surface area (Å²) < 4.78 is 0. The molecule has 6 heteroatoms. The topological polar surface area (TPSA) is 66.5 Å². The van der Waals surface area contributed by atoms with Gasteiger partial charge in [0.15, 0.2) is 0 Å². The molecule has 0 aromatic heterocycles. The zero-order valence-corrected chi connectivity index (χ0v) is 9.76. The minimum absolute atomic E-state index is 0.00672. The van der Waals surface area contributed by atoms with E-state index in [9.17, 15) is 14.4 Å². The van der Waals surface area contributed by atoms with Gasteiger partial charge in [0.2, 0.25) is 17.7 Å². The highest BCUT2D eigenvalue weighted by Crippen LogP contribution is 2.49. The van der Waals surface area contributed by atoms with Crippen molar-refractivity contribution in [1.29, 1.82) is 0 Å². The fourth-order valence-electron chi connectivity index (χ4n) is 1.81. The Morgan fingerprint density at radius 3 is 2.31 bits per heavy atom. The Kier molecular flexibility index (Phi) is 2.92. The third kappa shape index (κ3) is 2.37. The molecule has 88 valence electrons. The molecule has 1 aliphatic heterocycles. The van der Waals surface area contributed by atoms with Crippen LogP contribution in [0.3, 0.4) is 0 Å². The van der Waals surface area contributed by atoms with Crippen LogP contribution >= 0.6 is 12.6 Å². The summed E-state index contributed by atoms with van der Waals surface area (Å²) in [5, 5.41) is 2.17. The Bertz CT molecular complexity index is 336. The lowest BCUT2D eigenvalue weighted by atomic mass is 10.0. The molecule has 0 bridgehead atoms. The molecule has 0 aromatic carbocycles. The maximum Gasteiger partial charge on any atom is 0.246 e. The van der Waals surface area contributed by atoms with Gasteiger partial charge in [-0.2, -0.15) is 12.6 Å². The van der Waals surface area contributed by atoms with E-state index in [0.29, 0.717) is 12.2 Å². The van der Waals surface area contributed by atoms with Gasteiger partial charge in [-0.25, -0.2) is 0 Å². The molecule has 0 aromatic rings. The molecule has 1 saturated carbocycles. The largest absolute Gasteiger partial charge is 0.324 e. The van der Waals surface area contributed by atoms with E-state index in [-0.39, 0.29) is 24.4 Å². The molecular weight excluding hydrogens is 228 g/mol. The number of hydrogen-bond donors (Lipinski definition) is 2. The Hall–Kier alpha value is -1.04. The van der Waals surface area contributed by atoms with Crippen molar-refractivity contribution in [3.8, 4) is 0 Å². The number of thiol groups is 1. The summed E-state index contributed by atoms with van der Waals surface area (Å²) in [4.78, 5) is 35.4. The maximum atomic E-state index is 11.9. The van der Waals surface area contributed by atoms with Gasteiger partial charge in [-0.15, -0.1) is 0 Å². The van der Waals surface area contributed by atoms with E-state index in [2.05, 4.69) is 17.9 Å². The van der Waals surface area contributed by atoms with Crippen molar-refractivity contribution in [1.82, 2.24) is 10.2 Å². The van der Waals surface area contributed by atoms with Gasteiger partial charge in [-0.1, -0.05) is 0 Å². The van der Waals surface area contributed by atoms with E-state index in [1.165, 1.54) is 4.90 Å². The first-order valence-corrected chi connectivity index (χ1v) is 5.89. The van der Waals surface area contributed by atoms with Crippen LogP contribution in [-0.2, 0) is 14.4 Å². The highest BCUT2D eigenvalue weighted by atomic mass is 32.1. The molecule has 1 aliphatic carbocycles. The van der Waals surface area contributed by atoms with Crippen LogP contribution in [0.15, 0.2) is 0 Å². The Labute approximate surface area is 99.0 Å². The van der Waals surface area contributed by atoms with Crippen LogP contribution in [-0.4, -0.2) is 41.5 Å². The van der Waals surface area contributed by atoms with E-state index in [0.717, 1.165) is 12.8 Å². The van der Waals surface area contributed by atoms with Crippen LogP contribution in [0.25, 0.3) is 0 Å². The molecule has 3 amide bonds. The second-order valence-electron chi connectivity index (χ2n) is 4.56. The number of nitrogens with zero attached hydrogens (tertiary/aromatic N) is 1. The molecule has 2 aliphatic rings. The van der Waals surface area contributed by atoms with Crippen LogP contribution in [0, 0.1) is 5.41 Å². The summed E-state index contributed by atoms with van der Waals surface area (Å²) in [5.41, 5.74) is 0.0250. The van der Waals surface area contributed by atoms with Gasteiger partial charge in [0, 0.05) is 6.42 Å². The summed E-state index contributed by atoms with van der Waals surface area (Å²) >= 11 is 4.22. The van der Waals surface area contributed by atoms with Crippen LogP contribution in [0.2, 0.25) is 0 Å². The third-order valence-electron chi connectivity index (χ3n) is 3.12. The van der Waals surface area contributed by atoms with Gasteiger partial charge in [-0.3, -0.25) is 19.7 Å². The Morgan fingerprint density at radius 1 is 1.31 bits per heavy atom. The van der Waals surface area contributed by atoms with Crippen molar-refractivity contribution < 1.29 is 14.4 Å². The number of imide groups is 1. The predicted octanol–water partition coefficient (Wildman–Crippen LogP) is -0.429. The maximum absolute atomic E-state index is 11.9. The number of carbonyl (C=O) groups excluding carboxylic acids is 3. The second kappa shape index (κ2) is 4.08. The summed E-state index contributed by atoms with van der Waals surface area (Å²) in [7, 11) is 0. The zero-order valence-electron chi connectivity index (χ0n) is 8.86. The number of carbonyl (C=O) groups is 3. The summed E-state index contributed by atoms with van der Waals surface area (Å²) in [5.74, 6) is -0.234. The average Bonchev–Trinajstić information content (AvgIpc) is 2.97. The van der Waals surface area contributed by atoms with Gasteiger partial charge in [0.05, 0.1) is 0 Å². The Balaban J connectivity index is 1.94. The molecule has 0 spiro atoms. The monoisotopic (exact) mass is 242 g/mol. The van der Waals surface area contributed by atoms with E-state index < -0.39 is 11.8 Å². The molecule has 0 atom stereocenters. The zero-order chi connectivity index (χ0) is 11.8. The van der Waals surface area contributed by atoms with Gasteiger partial charge in [-0.05, 0) is 24.0 Å². The first-order valence-electron chi connectivity index (χ1n) is 5.26. The lowest BCUT2D eigenvalue weighted by Crippen LogP contribution is -2.53. The number of nitrogens with one attached hydrogen (secondary N) is 1. The second-order valence-corrected chi connectivity index (χ2v) is 4.87. The van der Waals surface area contributed by atoms with Crippen molar-refractivity contribution >= 4 is 30.4 Å². The van der Waals surface area contributed by atoms with E-state index in [1.807, 2.05) is 0 Å². The molecule has 0 radical (unpaired) electrons. The van der Waals surface area contributed by atoms with E-state index >= 15 is 0 Å². The van der Waals surface area contributed by atoms with Crippen LogP contribution in [0.1, 0.15) is 19.3 Å². The number of amides is 3. The highest BCUT2D eigenvalue weighted by Gasteiger charge is 2.44. The van der Waals surface area contributed by atoms with Gasteiger partial charge in [0.1, 0.15) is 13.1 Å². The lowest BCUT2D eigenvalue weighted by Gasteiger charge is -2.26. The average molecular weight is 242 g/mol. The fraction of sp³-hybridized carbons (Fsp3) is 0.700. The van der Waals surface area contributed by atoms with Gasteiger partial charge >= 0.3 is 0 Å². The first-order chi connectivity index (χ1) is 7.54. The molecule has 2 fully saturated rings. The molecule has 16 heavy (non-hydrogen) atoms. The molecule has 1 saturated heterocycles. The molecule has 1 N–H and O–H groups in total. The minimum atomic E-state index is -0.402. The molecule has 2 rings (SSSR count). The predicted molar refractivity (Wildman–Crippen MR) is 59.9 cm³/mol. The van der Waals surface area contributed by atoms with Crippen molar-refractivity contribution in [3.63, 3.8) is 0 Å². The lowest BCUT2D eigenvalue weighted by molar-refractivity contribution is -0.146. The standard InChI is InChI=1S/C10H14N2O3S/c13-7-4-12(5-8(14)11-7)9(15)3-10(6-16)1-2-10/h16H,1-6H2,(H,11,13,14). The van der Waals surface area contributed by atoms with Crippen molar-refractivity contribution in [2.45, 2.75) is 19.3 Å². The SMILES string of the molecule is O=C1CN(C(=O)CC2(CS)CC2)CC(=O)N1. The van der Waals surface area contributed by atoms with Crippen molar-refractivity contribution in [2.75, 3.05) is 18.8 Å². The number of rotatable bonds is 3. The third-order valence-corrected chi connectivity index (χ3v) is 3.79. The summed E-state index contributed by atoms with van der Waals surface area (Å²) in [6.45, 7) is -0.0134. The van der Waals surface area contributed by atoms with Crippen molar-refractivity contribution in [3.05, 3.63) is 0 Å². The van der Waals surface area contributed by atoms with E-state index in [4.69, 9.17) is 0 Å². The number of hydrogen-bond acceptors (Lipinski definition) is 4. The first kappa shape index (κ1) is 11.4. The quantitative estimate of drug-likeness (QED) is 0.521. The van der Waals surface area contributed by atoms with Gasteiger partial charge in [0.25, 0.3) is 0 Å². The molecular formula is C10H14N2O3S. The van der Waals surface area contributed by atoms with Crippen LogP contribution < -0.4 is 5.32 Å². The molecule has 1 heterocycles. The molecule has 5 nitrogen and oxygen atoms in total. The van der Waals surface area contributed by atoms with Gasteiger partial charge < -0.3 is 4.90 Å². The number of piperazine rings is 1. The van der Waals surface area contributed by atoms with Crippen LogP contribution in [0.4, 0.5) is 0 Å². The minimum Gasteiger partial charge on any atom is -0.324 e. The summed E-state index contributed by atoms with van der Waals surface area (Å²) in [6.07, 6.45) is 2.42. The van der Waals surface area contributed by atoms with Crippen LogP contribution in [0.5, 0.6) is 0 Å². The van der Waals surface area contributed by atoms with Crippen molar-refractivity contribution in [2.24, 2.45) is 5.41 Å². The molecule has 0 unspecified atom stereocenters. The smallest absolute Gasteiger partial charge is 0.246 e. The summed E-state index contributed by atoms with van der Waals surface area (Å²) in [6, 6.07) is 0. The Morgan fingerprint density at radius 2 is 1.88 bits per heavy atom. The highest BCUT2D eigenvalue weighted by molar-refractivity contribution is 7.80. The normalized spacial score (nSPS) is 22.9. The van der Waals surface area contributed by atoms with E-state index in [1.54, 1.807) is 0 Å². The fourth-order valence-corrected chi connectivity index (χ4v) is 2.24.